The summed E-state index contributed by atoms with van der Waals surface area (Å²) in [5.74, 6) is -2.94. The van der Waals surface area contributed by atoms with Crippen molar-refractivity contribution in [1.82, 2.24) is 5.32 Å². The van der Waals surface area contributed by atoms with Gasteiger partial charge in [-0.05, 0) is 47.2 Å². The second kappa shape index (κ2) is 11.7. The molecular formula is C32H33F2N. The molecule has 0 radical (unpaired) electrons. The minimum atomic E-state index is -2.94. The summed E-state index contributed by atoms with van der Waals surface area (Å²) in [7, 11) is 0. The molecule has 180 valence electrons. The number of hydrogen-bond acceptors (Lipinski definition) is 1. The number of hydrogen-bond donors (Lipinski definition) is 1. The van der Waals surface area contributed by atoms with E-state index in [9.17, 15) is 8.78 Å². The van der Waals surface area contributed by atoms with Gasteiger partial charge in [-0.25, -0.2) is 8.78 Å². The maximum Gasteiger partial charge on any atom is 0.270 e. The van der Waals surface area contributed by atoms with Crippen molar-refractivity contribution < 1.29 is 8.78 Å². The first-order chi connectivity index (χ1) is 16.8. The van der Waals surface area contributed by atoms with E-state index in [1.807, 2.05) is 67.6 Å². The maximum atomic E-state index is 14.4. The van der Waals surface area contributed by atoms with Crippen molar-refractivity contribution in [2.45, 2.75) is 38.3 Å². The summed E-state index contributed by atoms with van der Waals surface area (Å²) in [5, 5.41) is 3.76. The van der Waals surface area contributed by atoms with Crippen LogP contribution >= 0.6 is 0 Å². The van der Waals surface area contributed by atoms with Gasteiger partial charge in [-0.2, -0.15) is 0 Å². The molecule has 1 nitrogen and oxygen atoms in total. The Morgan fingerprint density at radius 1 is 0.857 bits per heavy atom. The van der Waals surface area contributed by atoms with E-state index in [1.54, 1.807) is 18.2 Å². The molecule has 3 rings (SSSR count). The van der Waals surface area contributed by atoms with Gasteiger partial charge in [-0.1, -0.05) is 116 Å². The van der Waals surface area contributed by atoms with Crippen LogP contribution in [0.4, 0.5) is 8.78 Å². The smallest absolute Gasteiger partial charge is 0.270 e. The summed E-state index contributed by atoms with van der Waals surface area (Å²) in [5.41, 5.74) is 4.34. The number of rotatable bonds is 11. The van der Waals surface area contributed by atoms with E-state index in [4.69, 9.17) is 0 Å². The Kier molecular flexibility index (Phi) is 8.73. The first kappa shape index (κ1) is 26.1. The molecular weight excluding hydrogens is 436 g/mol. The number of allylic oxidation sites excluding steroid dienone is 4. The summed E-state index contributed by atoms with van der Waals surface area (Å²) in [4.78, 5) is 0. The van der Waals surface area contributed by atoms with Gasteiger partial charge in [-0.15, -0.1) is 0 Å². The van der Waals surface area contributed by atoms with E-state index >= 15 is 0 Å². The van der Waals surface area contributed by atoms with Gasteiger partial charge in [0.25, 0.3) is 5.92 Å². The molecule has 1 N–H and O–H groups in total. The van der Waals surface area contributed by atoms with Crippen LogP contribution in [0.25, 0.3) is 6.08 Å². The molecule has 0 bridgehead atoms. The van der Waals surface area contributed by atoms with Crippen molar-refractivity contribution >= 4 is 6.08 Å². The van der Waals surface area contributed by atoms with Crippen molar-refractivity contribution in [3.63, 3.8) is 0 Å². The molecule has 1 atom stereocenters. The van der Waals surface area contributed by atoms with Crippen LogP contribution in [0.2, 0.25) is 0 Å². The predicted molar refractivity (Wildman–Crippen MR) is 144 cm³/mol. The molecule has 0 aromatic heterocycles. The second-order valence-corrected chi connectivity index (χ2v) is 8.81. The fourth-order valence-electron chi connectivity index (χ4n) is 4.18. The molecule has 3 aromatic rings. The molecule has 0 saturated carbocycles. The largest absolute Gasteiger partial charge is 0.300 e. The molecule has 0 fully saturated rings. The van der Waals surface area contributed by atoms with Crippen LogP contribution in [0.3, 0.4) is 0 Å². The van der Waals surface area contributed by atoms with Crippen LogP contribution in [0.1, 0.15) is 41.7 Å². The molecule has 0 spiro atoms. The molecule has 0 saturated heterocycles. The van der Waals surface area contributed by atoms with E-state index in [1.165, 1.54) is 6.07 Å². The Morgan fingerprint density at radius 2 is 1.54 bits per heavy atom. The van der Waals surface area contributed by atoms with E-state index < -0.39 is 11.5 Å². The highest BCUT2D eigenvalue weighted by Crippen LogP contribution is 2.37. The van der Waals surface area contributed by atoms with E-state index in [0.29, 0.717) is 13.0 Å². The zero-order valence-corrected chi connectivity index (χ0v) is 20.5. The second-order valence-electron chi connectivity index (χ2n) is 8.81. The van der Waals surface area contributed by atoms with E-state index in [-0.39, 0.29) is 5.56 Å². The normalized spacial score (nSPS) is 14.0. The van der Waals surface area contributed by atoms with Gasteiger partial charge in [0.2, 0.25) is 0 Å². The van der Waals surface area contributed by atoms with Crippen LogP contribution in [0.15, 0.2) is 122 Å². The molecule has 0 aliphatic heterocycles. The fraction of sp³-hybridized carbons (Fsp3) is 0.188. The van der Waals surface area contributed by atoms with Crippen LogP contribution in [-0.4, -0.2) is 0 Å². The van der Waals surface area contributed by atoms with E-state index in [2.05, 4.69) is 42.7 Å². The Bertz CT molecular complexity index is 1180. The van der Waals surface area contributed by atoms with Gasteiger partial charge in [-0.3, -0.25) is 5.32 Å². The molecule has 0 aliphatic carbocycles. The van der Waals surface area contributed by atoms with Gasteiger partial charge in [0.15, 0.2) is 0 Å². The average Bonchev–Trinajstić information content (AvgIpc) is 2.87. The zero-order valence-electron chi connectivity index (χ0n) is 20.5. The van der Waals surface area contributed by atoms with Gasteiger partial charge in [0.1, 0.15) is 0 Å². The van der Waals surface area contributed by atoms with Gasteiger partial charge < -0.3 is 0 Å². The van der Waals surface area contributed by atoms with Gasteiger partial charge in [0.05, 0.1) is 5.54 Å². The lowest BCUT2D eigenvalue weighted by Gasteiger charge is -2.38. The molecule has 0 amide bonds. The van der Waals surface area contributed by atoms with Crippen molar-refractivity contribution in [2.24, 2.45) is 0 Å². The quantitative estimate of drug-likeness (QED) is 0.278. The first-order valence-electron chi connectivity index (χ1n) is 11.7. The monoisotopic (exact) mass is 469 g/mol. The number of halogens is 2. The lowest BCUT2D eigenvalue weighted by molar-refractivity contribution is 0.0173. The van der Waals surface area contributed by atoms with Crippen molar-refractivity contribution in [3.05, 3.63) is 150 Å². The fourth-order valence-corrected chi connectivity index (χ4v) is 4.18. The SMILES string of the molecule is C=C/C=C\C=C(/C)C(Cc1ccccc1)(NCc1ccc(C=C)cc1)c1cccc(C(C)(F)F)c1. The highest BCUT2D eigenvalue weighted by molar-refractivity contribution is 5.47. The highest BCUT2D eigenvalue weighted by Gasteiger charge is 2.35. The Hall–Kier alpha value is -3.56. The maximum absolute atomic E-state index is 14.4. The van der Waals surface area contributed by atoms with Crippen molar-refractivity contribution in [2.75, 3.05) is 0 Å². The Morgan fingerprint density at radius 3 is 2.17 bits per heavy atom. The Balaban J connectivity index is 2.16. The minimum absolute atomic E-state index is 0.000920. The summed E-state index contributed by atoms with van der Waals surface area (Å²) in [6.45, 7) is 11.1. The minimum Gasteiger partial charge on any atom is -0.300 e. The van der Waals surface area contributed by atoms with Gasteiger partial charge in [0, 0.05) is 19.0 Å². The van der Waals surface area contributed by atoms with Crippen molar-refractivity contribution in [1.29, 1.82) is 0 Å². The number of benzene rings is 3. The molecule has 35 heavy (non-hydrogen) atoms. The Labute approximate surface area is 208 Å². The van der Waals surface area contributed by atoms with Crippen LogP contribution in [0.5, 0.6) is 0 Å². The van der Waals surface area contributed by atoms with Gasteiger partial charge >= 0.3 is 0 Å². The third kappa shape index (κ3) is 6.74. The lowest BCUT2D eigenvalue weighted by Crippen LogP contribution is -2.45. The van der Waals surface area contributed by atoms with Crippen LogP contribution in [-0.2, 0) is 24.4 Å². The molecule has 1 unspecified atom stereocenters. The number of nitrogens with one attached hydrogen (secondary N) is 1. The molecule has 3 aromatic carbocycles. The average molecular weight is 470 g/mol. The topological polar surface area (TPSA) is 12.0 Å². The summed E-state index contributed by atoms with van der Waals surface area (Å²) in [6.07, 6.45) is 9.95. The molecule has 0 aliphatic rings. The lowest BCUT2D eigenvalue weighted by atomic mass is 9.77. The third-order valence-electron chi connectivity index (χ3n) is 6.25. The van der Waals surface area contributed by atoms with Crippen LogP contribution < -0.4 is 5.32 Å². The summed E-state index contributed by atoms with van der Waals surface area (Å²) >= 11 is 0. The zero-order chi connectivity index (χ0) is 25.3. The standard InChI is InChI=1S/C32H33F2N/c1-5-7-9-13-25(3)32(23-27-14-10-8-11-15-27,30-17-12-16-29(22-30)31(4,33)34)35-24-28-20-18-26(6-2)19-21-28/h5-22,35H,1-2,23-24H2,3-4H3/b9-7-,25-13+. The predicted octanol–water partition coefficient (Wildman–Crippen LogP) is 8.36. The van der Waals surface area contributed by atoms with Crippen molar-refractivity contribution in [3.8, 4) is 0 Å². The summed E-state index contributed by atoms with van der Waals surface area (Å²) in [6, 6.07) is 25.1. The number of alkyl halides is 2. The summed E-state index contributed by atoms with van der Waals surface area (Å²) < 4.78 is 28.7. The van der Waals surface area contributed by atoms with Crippen LogP contribution in [0, 0.1) is 0 Å². The van der Waals surface area contributed by atoms with E-state index in [0.717, 1.165) is 34.8 Å². The first-order valence-corrected chi connectivity index (χ1v) is 11.7. The molecule has 3 heteroatoms. The third-order valence-corrected chi connectivity index (χ3v) is 6.25. The highest BCUT2D eigenvalue weighted by atomic mass is 19.3. The molecule has 0 heterocycles.